The van der Waals surface area contributed by atoms with Gasteiger partial charge in [0.1, 0.15) is 0 Å². The largest absolute Gasteiger partial charge is 0.294 e. The van der Waals surface area contributed by atoms with Gasteiger partial charge in [0.2, 0.25) is 0 Å². The highest BCUT2D eigenvalue weighted by Gasteiger charge is 2.36. The van der Waals surface area contributed by atoms with E-state index < -0.39 is 11.6 Å². The highest BCUT2D eigenvalue weighted by atomic mass is 19.2. The summed E-state index contributed by atoms with van der Waals surface area (Å²) in [6.07, 6.45) is 0. The molecule has 0 aliphatic heterocycles. The van der Waals surface area contributed by atoms with Crippen molar-refractivity contribution in [2.75, 3.05) is 0 Å². The van der Waals surface area contributed by atoms with Crippen LogP contribution in [0, 0.1) is 17.6 Å². The number of benzene rings is 1. The van der Waals surface area contributed by atoms with Crippen molar-refractivity contribution < 1.29 is 13.6 Å². The number of hydrogen-bond donors (Lipinski definition) is 0. The summed E-state index contributed by atoms with van der Waals surface area (Å²) in [7, 11) is 0. The van der Waals surface area contributed by atoms with Gasteiger partial charge < -0.3 is 0 Å². The van der Waals surface area contributed by atoms with E-state index in [1.807, 2.05) is 0 Å². The molecule has 1 aromatic rings. The quantitative estimate of drug-likeness (QED) is 0.623. The van der Waals surface area contributed by atoms with Gasteiger partial charge in [0.05, 0.1) is 0 Å². The molecule has 0 amide bonds. The van der Waals surface area contributed by atoms with E-state index in [4.69, 9.17) is 0 Å². The first-order chi connectivity index (χ1) is 6.54. The molecule has 0 saturated heterocycles. The van der Waals surface area contributed by atoms with Crippen LogP contribution in [-0.2, 0) is 0 Å². The van der Waals surface area contributed by atoms with Crippen LogP contribution in [0.5, 0.6) is 0 Å². The standard InChI is InChI=1S/C11H10F2O/c1-5-6(2)11(14)7-3-4-8(12)10(13)9(5)7/h3-6H,1-2H3. The molecule has 0 aromatic heterocycles. The lowest BCUT2D eigenvalue weighted by atomic mass is 9.96. The number of hydrogen-bond acceptors (Lipinski definition) is 1. The van der Waals surface area contributed by atoms with Crippen LogP contribution in [0.25, 0.3) is 0 Å². The molecule has 74 valence electrons. The number of carbonyl (C=O) groups excluding carboxylic acids is 1. The monoisotopic (exact) mass is 196 g/mol. The third-order valence-corrected chi connectivity index (χ3v) is 3.02. The molecular weight excluding hydrogens is 186 g/mol. The maximum Gasteiger partial charge on any atom is 0.166 e. The van der Waals surface area contributed by atoms with E-state index in [0.29, 0.717) is 5.56 Å². The van der Waals surface area contributed by atoms with Crippen molar-refractivity contribution in [3.8, 4) is 0 Å². The molecule has 3 heteroatoms. The maximum atomic E-state index is 13.4. The lowest BCUT2D eigenvalue weighted by molar-refractivity contribution is 0.0937. The SMILES string of the molecule is CC1C(=O)c2ccc(F)c(F)c2C1C. The molecule has 1 aliphatic rings. The van der Waals surface area contributed by atoms with Crippen molar-refractivity contribution in [1.29, 1.82) is 0 Å². The van der Waals surface area contributed by atoms with Crippen molar-refractivity contribution in [2.45, 2.75) is 19.8 Å². The van der Waals surface area contributed by atoms with Gasteiger partial charge in [-0.1, -0.05) is 13.8 Å². The van der Waals surface area contributed by atoms with E-state index >= 15 is 0 Å². The Morgan fingerprint density at radius 1 is 1.14 bits per heavy atom. The van der Waals surface area contributed by atoms with Gasteiger partial charge in [0.15, 0.2) is 17.4 Å². The molecular formula is C11H10F2O. The molecule has 0 N–H and O–H groups in total. The van der Waals surface area contributed by atoms with Gasteiger partial charge in [0.25, 0.3) is 0 Å². The lowest BCUT2D eigenvalue weighted by Gasteiger charge is -2.08. The molecule has 0 spiro atoms. The zero-order valence-electron chi connectivity index (χ0n) is 7.97. The van der Waals surface area contributed by atoms with E-state index in [-0.39, 0.29) is 23.2 Å². The van der Waals surface area contributed by atoms with Crippen molar-refractivity contribution in [3.05, 3.63) is 34.9 Å². The highest BCUT2D eigenvalue weighted by Crippen LogP contribution is 2.39. The summed E-state index contributed by atoms with van der Waals surface area (Å²) in [5, 5.41) is 0. The van der Waals surface area contributed by atoms with Crippen LogP contribution >= 0.6 is 0 Å². The fraction of sp³-hybridized carbons (Fsp3) is 0.364. The van der Waals surface area contributed by atoms with Gasteiger partial charge in [-0.05, 0) is 18.1 Å². The van der Waals surface area contributed by atoms with Crippen molar-refractivity contribution in [1.82, 2.24) is 0 Å². The summed E-state index contributed by atoms with van der Waals surface area (Å²) in [6.45, 7) is 3.49. The molecule has 1 aliphatic carbocycles. The minimum Gasteiger partial charge on any atom is -0.294 e. The zero-order valence-corrected chi connectivity index (χ0v) is 7.97. The van der Waals surface area contributed by atoms with Gasteiger partial charge in [-0.2, -0.15) is 0 Å². The number of fused-ring (bicyclic) bond motifs is 1. The summed E-state index contributed by atoms with van der Waals surface area (Å²) >= 11 is 0. The molecule has 0 fully saturated rings. The molecule has 1 aromatic carbocycles. The van der Waals surface area contributed by atoms with Crippen molar-refractivity contribution in [2.24, 2.45) is 5.92 Å². The van der Waals surface area contributed by atoms with E-state index in [1.54, 1.807) is 13.8 Å². The first-order valence-corrected chi connectivity index (χ1v) is 4.56. The van der Waals surface area contributed by atoms with Gasteiger partial charge in [0, 0.05) is 17.0 Å². The smallest absolute Gasteiger partial charge is 0.166 e. The Morgan fingerprint density at radius 3 is 2.43 bits per heavy atom. The molecule has 0 heterocycles. The van der Waals surface area contributed by atoms with Gasteiger partial charge in [-0.15, -0.1) is 0 Å². The van der Waals surface area contributed by atoms with Crippen LogP contribution in [0.3, 0.4) is 0 Å². The van der Waals surface area contributed by atoms with Gasteiger partial charge in [-0.3, -0.25) is 4.79 Å². The minimum absolute atomic E-state index is 0.0913. The van der Waals surface area contributed by atoms with E-state index in [2.05, 4.69) is 0 Å². The van der Waals surface area contributed by atoms with E-state index in [9.17, 15) is 13.6 Å². The van der Waals surface area contributed by atoms with Crippen LogP contribution in [0.2, 0.25) is 0 Å². The molecule has 14 heavy (non-hydrogen) atoms. The summed E-state index contributed by atoms with van der Waals surface area (Å²) in [5.74, 6) is -2.31. The number of carbonyl (C=O) groups is 1. The molecule has 0 saturated carbocycles. The third-order valence-electron chi connectivity index (χ3n) is 3.02. The normalized spacial score (nSPS) is 25.3. The minimum atomic E-state index is -0.877. The van der Waals surface area contributed by atoms with Crippen LogP contribution in [0.1, 0.15) is 35.7 Å². The number of halogens is 2. The molecule has 2 unspecified atom stereocenters. The maximum absolute atomic E-state index is 13.4. The predicted molar refractivity (Wildman–Crippen MR) is 48.3 cm³/mol. The van der Waals surface area contributed by atoms with Crippen LogP contribution in [0.15, 0.2) is 12.1 Å². The molecule has 2 rings (SSSR count). The zero-order chi connectivity index (χ0) is 10.5. The number of rotatable bonds is 0. The molecule has 2 atom stereocenters. The first-order valence-electron chi connectivity index (χ1n) is 4.56. The topological polar surface area (TPSA) is 17.1 Å². The molecule has 0 radical (unpaired) electrons. The predicted octanol–water partition coefficient (Wildman–Crippen LogP) is 2.90. The Labute approximate surface area is 80.7 Å². The van der Waals surface area contributed by atoms with Crippen LogP contribution < -0.4 is 0 Å². The summed E-state index contributed by atoms with van der Waals surface area (Å²) in [5.41, 5.74) is 0.575. The first kappa shape index (κ1) is 9.31. The summed E-state index contributed by atoms with van der Waals surface area (Å²) in [4.78, 5) is 11.6. The Bertz CT molecular complexity index is 412. The van der Waals surface area contributed by atoms with E-state index in [0.717, 1.165) is 6.07 Å². The third kappa shape index (κ3) is 1.01. The second-order valence-electron chi connectivity index (χ2n) is 3.76. The molecule has 1 nitrogen and oxygen atoms in total. The Hall–Kier alpha value is -1.25. The van der Waals surface area contributed by atoms with Gasteiger partial charge in [-0.25, -0.2) is 8.78 Å². The van der Waals surface area contributed by atoms with Crippen LogP contribution in [-0.4, -0.2) is 5.78 Å². The van der Waals surface area contributed by atoms with Gasteiger partial charge >= 0.3 is 0 Å². The Kier molecular flexibility index (Phi) is 1.91. The van der Waals surface area contributed by atoms with Crippen LogP contribution in [0.4, 0.5) is 8.78 Å². The summed E-state index contributed by atoms with van der Waals surface area (Å²) < 4.78 is 26.3. The Balaban J connectivity index is 2.70. The lowest BCUT2D eigenvalue weighted by Crippen LogP contribution is -2.06. The average Bonchev–Trinajstić information content (AvgIpc) is 2.38. The van der Waals surface area contributed by atoms with Crippen molar-refractivity contribution in [3.63, 3.8) is 0 Å². The Morgan fingerprint density at radius 2 is 1.79 bits per heavy atom. The van der Waals surface area contributed by atoms with Crippen molar-refractivity contribution >= 4 is 5.78 Å². The highest BCUT2D eigenvalue weighted by molar-refractivity contribution is 6.02. The molecule has 0 bridgehead atoms. The number of Topliss-reactive ketones (excluding diaryl/α,β-unsaturated/α-hetero) is 1. The fourth-order valence-corrected chi connectivity index (χ4v) is 1.95. The second-order valence-corrected chi connectivity index (χ2v) is 3.76. The summed E-state index contributed by atoms with van der Waals surface area (Å²) in [6, 6.07) is 2.38. The fourth-order valence-electron chi connectivity index (χ4n) is 1.95. The number of ketones is 1. The van der Waals surface area contributed by atoms with E-state index in [1.165, 1.54) is 6.07 Å². The second kappa shape index (κ2) is 2.87. The average molecular weight is 196 g/mol.